The SMILES string of the molecule is CCCc1cccc(-c2cccc(C(N)=O)c2)c1. The Morgan fingerprint density at radius 1 is 1.06 bits per heavy atom. The van der Waals surface area contributed by atoms with Gasteiger partial charge < -0.3 is 5.73 Å². The Bertz CT molecular complexity index is 561. The van der Waals surface area contributed by atoms with Crippen LogP contribution in [0, 0.1) is 0 Å². The van der Waals surface area contributed by atoms with Crippen molar-refractivity contribution < 1.29 is 4.79 Å². The Morgan fingerprint density at radius 3 is 2.39 bits per heavy atom. The van der Waals surface area contributed by atoms with Gasteiger partial charge in [0.15, 0.2) is 0 Å². The second-order valence-electron chi connectivity index (χ2n) is 4.40. The molecule has 0 saturated heterocycles. The fourth-order valence-corrected chi connectivity index (χ4v) is 2.05. The Labute approximate surface area is 107 Å². The lowest BCUT2D eigenvalue weighted by atomic mass is 9.99. The normalized spacial score (nSPS) is 10.3. The highest BCUT2D eigenvalue weighted by Crippen LogP contribution is 2.22. The molecule has 0 atom stereocenters. The Balaban J connectivity index is 2.38. The van der Waals surface area contributed by atoms with Crippen LogP contribution in [0.3, 0.4) is 0 Å². The quantitative estimate of drug-likeness (QED) is 0.873. The molecule has 2 nitrogen and oxygen atoms in total. The number of aryl methyl sites for hydroxylation is 1. The summed E-state index contributed by atoms with van der Waals surface area (Å²) in [5.41, 5.74) is 9.33. The molecule has 0 aliphatic rings. The molecule has 0 bridgehead atoms. The van der Waals surface area contributed by atoms with Crippen molar-refractivity contribution >= 4 is 5.91 Å². The van der Waals surface area contributed by atoms with Crippen molar-refractivity contribution in [3.63, 3.8) is 0 Å². The average Bonchev–Trinajstić information content (AvgIpc) is 2.39. The molecule has 2 aromatic rings. The number of primary amides is 1. The van der Waals surface area contributed by atoms with Crippen molar-refractivity contribution in [2.24, 2.45) is 5.73 Å². The summed E-state index contributed by atoms with van der Waals surface area (Å²) < 4.78 is 0. The van der Waals surface area contributed by atoms with Gasteiger partial charge >= 0.3 is 0 Å². The summed E-state index contributed by atoms with van der Waals surface area (Å²) in [5.74, 6) is -0.387. The molecule has 0 aromatic heterocycles. The topological polar surface area (TPSA) is 43.1 Å². The molecule has 92 valence electrons. The maximum Gasteiger partial charge on any atom is 0.248 e. The van der Waals surface area contributed by atoms with E-state index in [0.29, 0.717) is 5.56 Å². The Hall–Kier alpha value is -2.09. The number of rotatable bonds is 4. The van der Waals surface area contributed by atoms with E-state index in [4.69, 9.17) is 5.73 Å². The molecule has 0 fully saturated rings. The van der Waals surface area contributed by atoms with E-state index in [1.165, 1.54) is 5.56 Å². The Kier molecular flexibility index (Phi) is 3.78. The Morgan fingerprint density at radius 2 is 1.72 bits per heavy atom. The molecule has 2 aromatic carbocycles. The van der Waals surface area contributed by atoms with Crippen LogP contribution in [0.25, 0.3) is 11.1 Å². The molecule has 0 spiro atoms. The molecule has 0 aliphatic carbocycles. The van der Waals surface area contributed by atoms with Crippen molar-refractivity contribution in [3.05, 3.63) is 59.7 Å². The molecule has 0 heterocycles. The zero-order valence-electron chi connectivity index (χ0n) is 10.5. The third-order valence-electron chi connectivity index (χ3n) is 2.95. The van der Waals surface area contributed by atoms with Crippen LogP contribution in [0.1, 0.15) is 29.3 Å². The second kappa shape index (κ2) is 5.50. The second-order valence-corrected chi connectivity index (χ2v) is 4.40. The third-order valence-corrected chi connectivity index (χ3v) is 2.95. The van der Waals surface area contributed by atoms with Gasteiger partial charge in [-0.25, -0.2) is 0 Å². The molecule has 2 N–H and O–H groups in total. The fraction of sp³-hybridized carbons (Fsp3) is 0.188. The number of carbonyl (C=O) groups excluding carboxylic acids is 1. The van der Waals surface area contributed by atoms with Crippen LogP contribution in [0.4, 0.5) is 0 Å². The van der Waals surface area contributed by atoms with Crippen LogP contribution in [0.5, 0.6) is 0 Å². The molecule has 2 heteroatoms. The van der Waals surface area contributed by atoms with E-state index in [0.717, 1.165) is 24.0 Å². The summed E-state index contributed by atoms with van der Waals surface area (Å²) in [4.78, 5) is 11.2. The van der Waals surface area contributed by atoms with E-state index < -0.39 is 0 Å². The maximum atomic E-state index is 11.2. The fourth-order valence-electron chi connectivity index (χ4n) is 2.05. The minimum absolute atomic E-state index is 0.387. The molecule has 1 amide bonds. The van der Waals surface area contributed by atoms with Gasteiger partial charge in [-0.2, -0.15) is 0 Å². The summed E-state index contributed by atoms with van der Waals surface area (Å²) >= 11 is 0. The van der Waals surface area contributed by atoms with E-state index in [-0.39, 0.29) is 5.91 Å². The molecule has 0 radical (unpaired) electrons. The lowest BCUT2D eigenvalue weighted by molar-refractivity contribution is 0.100. The zero-order valence-corrected chi connectivity index (χ0v) is 10.5. The van der Waals surface area contributed by atoms with E-state index in [9.17, 15) is 4.79 Å². The van der Waals surface area contributed by atoms with Crippen molar-refractivity contribution in [1.29, 1.82) is 0 Å². The highest BCUT2D eigenvalue weighted by molar-refractivity contribution is 5.94. The summed E-state index contributed by atoms with van der Waals surface area (Å²) in [6.07, 6.45) is 2.20. The summed E-state index contributed by atoms with van der Waals surface area (Å²) in [5, 5.41) is 0. The number of hydrogen-bond acceptors (Lipinski definition) is 1. The van der Waals surface area contributed by atoms with E-state index in [2.05, 4.69) is 31.2 Å². The number of amides is 1. The molecule has 0 aliphatic heterocycles. The highest BCUT2D eigenvalue weighted by Gasteiger charge is 2.03. The first-order valence-corrected chi connectivity index (χ1v) is 6.20. The van der Waals surface area contributed by atoms with Crippen molar-refractivity contribution in [2.75, 3.05) is 0 Å². The van der Waals surface area contributed by atoms with Gasteiger partial charge in [0.2, 0.25) is 5.91 Å². The van der Waals surface area contributed by atoms with E-state index >= 15 is 0 Å². The van der Waals surface area contributed by atoms with Crippen molar-refractivity contribution in [1.82, 2.24) is 0 Å². The summed E-state index contributed by atoms with van der Waals surface area (Å²) in [6, 6.07) is 15.8. The van der Waals surface area contributed by atoms with Crippen LogP contribution in [0.2, 0.25) is 0 Å². The summed E-state index contributed by atoms with van der Waals surface area (Å²) in [7, 11) is 0. The van der Waals surface area contributed by atoms with Crippen LogP contribution < -0.4 is 5.73 Å². The smallest absolute Gasteiger partial charge is 0.248 e. The first-order valence-electron chi connectivity index (χ1n) is 6.20. The van der Waals surface area contributed by atoms with Gasteiger partial charge in [-0.15, -0.1) is 0 Å². The van der Waals surface area contributed by atoms with Gasteiger partial charge in [0.25, 0.3) is 0 Å². The number of hydrogen-bond donors (Lipinski definition) is 1. The van der Waals surface area contributed by atoms with Crippen molar-refractivity contribution in [3.8, 4) is 11.1 Å². The van der Waals surface area contributed by atoms with Gasteiger partial charge in [0.1, 0.15) is 0 Å². The van der Waals surface area contributed by atoms with Gasteiger partial charge in [-0.1, -0.05) is 49.7 Å². The van der Waals surface area contributed by atoms with E-state index in [1.807, 2.05) is 18.2 Å². The van der Waals surface area contributed by atoms with Crippen LogP contribution >= 0.6 is 0 Å². The number of nitrogens with two attached hydrogens (primary N) is 1. The van der Waals surface area contributed by atoms with Gasteiger partial charge in [0.05, 0.1) is 0 Å². The molecule has 18 heavy (non-hydrogen) atoms. The number of benzene rings is 2. The highest BCUT2D eigenvalue weighted by atomic mass is 16.1. The minimum Gasteiger partial charge on any atom is -0.366 e. The molecule has 0 unspecified atom stereocenters. The van der Waals surface area contributed by atoms with Crippen LogP contribution in [-0.2, 0) is 6.42 Å². The third kappa shape index (κ3) is 2.77. The lowest BCUT2D eigenvalue weighted by Crippen LogP contribution is -2.10. The van der Waals surface area contributed by atoms with Gasteiger partial charge in [0, 0.05) is 5.56 Å². The summed E-state index contributed by atoms with van der Waals surface area (Å²) in [6.45, 7) is 2.17. The monoisotopic (exact) mass is 239 g/mol. The average molecular weight is 239 g/mol. The first kappa shape index (κ1) is 12.4. The van der Waals surface area contributed by atoms with E-state index in [1.54, 1.807) is 6.07 Å². The molecular weight excluding hydrogens is 222 g/mol. The van der Waals surface area contributed by atoms with Crippen molar-refractivity contribution in [2.45, 2.75) is 19.8 Å². The van der Waals surface area contributed by atoms with Crippen LogP contribution in [-0.4, -0.2) is 5.91 Å². The minimum atomic E-state index is -0.387. The zero-order chi connectivity index (χ0) is 13.0. The predicted octanol–water partition coefficient (Wildman–Crippen LogP) is 3.41. The largest absolute Gasteiger partial charge is 0.366 e. The standard InChI is InChI=1S/C16H17NO/c1-2-5-12-6-3-7-13(10-12)14-8-4-9-15(11-14)16(17)18/h3-4,6-11H,2,5H2,1H3,(H2,17,18). The molecule has 0 saturated carbocycles. The van der Waals surface area contributed by atoms with Gasteiger partial charge in [-0.3, -0.25) is 4.79 Å². The number of carbonyl (C=O) groups is 1. The van der Waals surface area contributed by atoms with Gasteiger partial charge in [-0.05, 0) is 35.2 Å². The molecule has 2 rings (SSSR count). The molecular formula is C16H17NO. The predicted molar refractivity (Wildman–Crippen MR) is 74.4 cm³/mol. The lowest BCUT2D eigenvalue weighted by Gasteiger charge is -2.06. The van der Waals surface area contributed by atoms with Crippen LogP contribution in [0.15, 0.2) is 48.5 Å². The first-order chi connectivity index (χ1) is 8.70. The maximum absolute atomic E-state index is 11.2.